The Kier molecular flexibility index (Phi) is 4.82. The lowest BCUT2D eigenvalue weighted by atomic mass is 9.99. The molecule has 0 aliphatic carbocycles. The van der Waals surface area contributed by atoms with Gasteiger partial charge in [0.2, 0.25) is 0 Å². The van der Waals surface area contributed by atoms with Gasteiger partial charge in [-0.1, -0.05) is 13.3 Å². The number of rotatable bonds is 5. The number of carboxylic acids is 1. The van der Waals surface area contributed by atoms with Crippen molar-refractivity contribution in [2.45, 2.75) is 26.2 Å². The third kappa shape index (κ3) is 3.98. The number of carboxylic acid groups (broad SMARTS) is 1. The van der Waals surface area contributed by atoms with Gasteiger partial charge < -0.3 is 5.11 Å². The van der Waals surface area contributed by atoms with Crippen LogP contribution in [0.15, 0.2) is 24.3 Å². The minimum atomic E-state index is -1.15. The molecule has 0 heterocycles. The molecule has 0 saturated heterocycles. The van der Waals surface area contributed by atoms with E-state index in [1.165, 1.54) is 0 Å². The van der Waals surface area contributed by atoms with E-state index in [2.05, 4.69) is 0 Å². The van der Waals surface area contributed by atoms with E-state index in [9.17, 15) is 13.6 Å². The van der Waals surface area contributed by atoms with Gasteiger partial charge in [-0.05, 0) is 36.6 Å². The molecule has 1 aromatic carbocycles. The molecule has 17 heavy (non-hydrogen) atoms. The molecule has 4 heteroatoms. The molecule has 1 aromatic rings. The first-order chi connectivity index (χ1) is 8.04. The lowest BCUT2D eigenvalue weighted by Gasteiger charge is -2.08. The highest BCUT2D eigenvalue weighted by atomic mass is 19.1. The Morgan fingerprint density at radius 3 is 2.71 bits per heavy atom. The summed E-state index contributed by atoms with van der Waals surface area (Å²) >= 11 is 0. The topological polar surface area (TPSA) is 37.3 Å². The molecule has 0 amide bonds. The second-order valence-corrected chi connectivity index (χ2v) is 3.74. The molecule has 0 aromatic heterocycles. The Morgan fingerprint density at radius 2 is 2.12 bits per heavy atom. The molecule has 0 spiro atoms. The van der Waals surface area contributed by atoms with Crippen molar-refractivity contribution in [3.63, 3.8) is 0 Å². The summed E-state index contributed by atoms with van der Waals surface area (Å²) in [5.74, 6) is -2.33. The molecular formula is C13H14F2O2. The zero-order valence-electron chi connectivity index (χ0n) is 9.54. The third-order valence-corrected chi connectivity index (χ3v) is 2.37. The lowest BCUT2D eigenvalue weighted by molar-refractivity contribution is -0.131. The Morgan fingerprint density at radius 1 is 1.41 bits per heavy atom. The first-order valence-electron chi connectivity index (χ1n) is 5.43. The zero-order chi connectivity index (χ0) is 12.8. The van der Waals surface area contributed by atoms with E-state index in [1.807, 2.05) is 6.92 Å². The van der Waals surface area contributed by atoms with E-state index >= 15 is 0 Å². The van der Waals surface area contributed by atoms with Crippen molar-refractivity contribution >= 4 is 11.5 Å². The summed E-state index contributed by atoms with van der Waals surface area (Å²) in [5, 5.41) is 8.71. The second kappa shape index (κ2) is 6.13. The highest BCUT2D eigenvalue weighted by Gasteiger charge is 2.10. The highest BCUT2D eigenvalue weighted by molar-refractivity contribution is 5.90. The van der Waals surface area contributed by atoms with Gasteiger partial charge in [-0.2, -0.15) is 0 Å². The van der Waals surface area contributed by atoms with Crippen molar-refractivity contribution in [2.24, 2.45) is 0 Å². The number of allylic oxidation sites excluding steroid dienone is 1. The molecule has 1 rings (SSSR count). The van der Waals surface area contributed by atoms with Crippen LogP contribution < -0.4 is 0 Å². The molecule has 0 saturated carbocycles. The summed E-state index contributed by atoms with van der Waals surface area (Å²) in [5.41, 5.74) is 0.345. The predicted octanol–water partition coefficient (Wildman–Crippen LogP) is 3.62. The molecule has 0 radical (unpaired) electrons. The van der Waals surface area contributed by atoms with Crippen LogP contribution in [-0.2, 0) is 4.79 Å². The fourth-order valence-electron chi connectivity index (χ4n) is 1.54. The highest BCUT2D eigenvalue weighted by Crippen LogP contribution is 2.24. The van der Waals surface area contributed by atoms with Gasteiger partial charge in [-0.3, -0.25) is 0 Å². The molecule has 0 aliphatic heterocycles. The quantitative estimate of drug-likeness (QED) is 0.798. The smallest absolute Gasteiger partial charge is 0.328 e. The van der Waals surface area contributed by atoms with Crippen LogP contribution in [0.1, 0.15) is 31.7 Å². The average Bonchev–Trinajstić information content (AvgIpc) is 2.27. The van der Waals surface area contributed by atoms with Crippen molar-refractivity contribution in [3.05, 3.63) is 41.5 Å². The minimum Gasteiger partial charge on any atom is -0.478 e. The standard InChI is InChI=1S/C13H14F2O2/c1-2-3-4-9(7-13(16)17)11-8-10(14)5-6-12(11)15/h5-8H,2-4H2,1H3,(H,16,17)/b9-7+. The molecule has 92 valence electrons. The lowest BCUT2D eigenvalue weighted by Crippen LogP contribution is -1.96. The van der Waals surface area contributed by atoms with Crippen molar-refractivity contribution < 1.29 is 18.7 Å². The Hall–Kier alpha value is -1.71. The van der Waals surface area contributed by atoms with Gasteiger partial charge in [0.05, 0.1) is 0 Å². The maximum absolute atomic E-state index is 13.5. The first-order valence-corrected chi connectivity index (χ1v) is 5.43. The first kappa shape index (κ1) is 13.4. The summed E-state index contributed by atoms with van der Waals surface area (Å²) in [6, 6.07) is 3.04. The van der Waals surface area contributed by atoms with Crippen LogP contribution in [0.2, 0.25) is 0 Å². The fourth-order valence-corrected chi connectivity index (χ4v) is 1.54. The van der Waals surface area contributed by atoms with Crippen molar-refractivity contribution in [2.75, 3.05) is 0 Å². The minimum absolute atomic E-state index is 0.0286. The van der Waals surface area contributed by atoms with E-state index in [4.69, 9.17) is 5.11 Å². The summed E-state index contributed by atoms with van der Waals surface area (Å²) in [4.78, 5) is 10.6. The third-order valence-electron chi connectivity index (χ3n) is 2.37. The Bertz CT molecular complexity index is 439. The number of carbonyl (C=O) groups is 1. The summed E-state index contributed by atoms with van der Waals surface area (Å²) in [7, 11) is 0. The number of unbranched alkanes of at least 4 members (excludes halogenated alkanes) is 1. The van der Waals surface area contributed by atoms with Crippen LogP contribution in [0, 0.1) is 11.6 Å². The largest absolute Gasteiger partial charge is 0.478 e. The maximum Gasteiger partial charge on any atom is 0.328 e. The van der Waals surface area contributed by atoms with Gasteiger partial charge in [0.25, 0.3) is 0 Å². The maximum atomic E-state index is 13.5. The van der Waals surface area contributed by atoms with Gasteiger partial charge in [0.1, 0.15) is 11.6 Å². The Labute approximate surface area is 98.6 Å². The molecule has 0 atom stereocenters. The number of hydrogen-bond acceptors (Lipinski definition) is 1. The van der Waals surface area contributed by atoms with Gasteiger partial charge in [0, 0.05) is 11.6 Å². The number of benzene rings is 1. The monoisotopic (exact) mass is 240 g/mol. The SMILES string of the molecule is CCCC/C(=C\C(=O)O)c1cc(F)ccc1F. The van der Waals surface area contributed by atoms with Crippen LogP contribution in [0.3, 0.4) is 0 Å². The number of halogens is 2. The van der Waals surface area contributed by atoms with E-state index < -0.39 is 17.6 Å². The molecule has 1 N–H and O–H groups in total. The second-order valence-electron chi connectivity index (χ2n) is 3.74. The van der Waals surface area contributed by atoms with Gasteiger partial charge in [0.15, 0.2) is 0 Å². The zero-order valence-corrected chi connectivity index (χ0v) is 9.54. The van der Waals surface area contributed by atoms with E-state index in [1.54, 1.807) is 0 Å². The van der Waals surface area contributed by atoms with E-state index in [0.717, 1.165) is 37.1 Å². The van der Waals surface area contributed by atoms with E-state index in [0.29, 0.717) is 12.0 Å². The van der Waals surface area contributed by atoms with Gasteiger partial charge in [-0.25, -0.2) is 13.6 Å². The van der Waals surface area contributed by atoms with Crippen molar-refractivity contribution in [3.8, 4) is 0 Å². The normalized spacial score (nSPS) is 11.6. The molecule has 0 bridgehead atoms. The Balaban J connectivity index is 3.12. The van der Waals surface area contributed by atoms with E-state index in [-0.39, 0.29) is 5.56 Å². The summed E-state index contributed by atoms with van der Waals surface area (Å²) < 4.78 is 26.5. The van der Waals surface area contributed by atoms with Crippen LogP contribution in [-0.4, -0.2) is 11.1 Å². The van der Waals surface area contributed by atoms with Crippen LogP contribution in [0.4, 0.5) is 8.78 Å². The van der Waals surface area contributed by atoms with Crippen LogP contribution >= 0.6 is 0 Å². The number of aliphatic carboxylic acids is 1. The van der Waals surface area contributed by atoms with Crippen molar-refractivity contribution in [1.82, 2.24) is 0 Å². The van der Waals surface area contributed by atoms with Crippen molar-refractivity contribution in [1.29, 1.82) is 0 Å². The van der Waals surface area contributed by atoms with Crippen LogP contribution in [0.25, 0.3) is 5.57 Å². The van der Waals surface area contributed by atoms with Crippen LogP contribution in [0.5, 0.6) is 0 Å². The number of hydrogen-bond donors (Lipinski definition) is 1. The fraction of sp³-hybridized carbons (Fsp3) is 0.308. The summed E-state index contributed by atoms with van der Waals surface area (Å²) in [6.45, 7) is 1.94. The predicted molar refractivity (Wildman–Crippen MR) is 61.5 cm³/mol. The molecular weight excluding hydrogens is 226 g/mol. The van der Waals surface area contributed by atoms with Gasteiger partial charge >= 0.3 is 5.97 Å². The van der Waals surface area contributed by atoms with Gasteiger partial charge in [-0.15, -0.1) is 0 Å². The average molecular weight is 240 g/mol. The molecule has 0 unspecified atom stereocenters. The summed E-state index contributed by atoms with van der Waals surface area (Å²) in [6.07, 6.45) is 2.94. The molecule has 2 nitrogen and oxygen atoms in total. The molecule has 0 fully saturated rings. The molecule has 0 aliphatic rings.